The molecule has 12 heteroatoms. The summed E-state index contributed by atoms with van der Waals surface area (Å²) in [5, 5.41) is 15.5. The number of nitriles is 1. The number of hydrogen-bond donors (Lipinski definition) is 3. The lowest BCUT2D eigenvalue weighted by molar-refractivity contribution is 0.0951. The van der Waals surface area contributed by atoms with Gasteiger partial charge in [0.15, 0.2) is 0 Å². The fourth-order valence-electron chi connectivity index (χ4n) is 3.05. The average Bonchev–Trinajstić information content (AvgIpc) is 2.79. The summed E-state index contributed by atoms with van der Waals surface area (Å²) in [6, 6.07) is 7.52. The van der Waals surface area contributed by atoms with Gasteiger partial charge < -0.3 is 16.4 Å². The maximum absolute atomic E-state index is 14.3. The van der Waals surface area contributed by atoms with E-state index in [0.29, 0.717) is 17.8 Å². The van der Waals surface area contributed by atoms with Gasteiger partial charge in [-0.15, -0.1) is 0 Å². The number of nitrogens with two attached hydrogens (primary N) is 1. The Morgan fingerprint density at radius 2 is 2.06 bits per heavy atom. The molecule has 3 aromatic rings. The van der Waals surface area contributed by atoms with Crippen molar-refractivity contribution >= 4 is 40.0 Å². The summed E-state index contributed by atoms with van der Waals surface area (Å²) in [7, 11) is 0. The van der Waals surface area contributed by atoms with Crippen LogP contribution in [0.4, 0.5) is 16.0 Å². The smallest absolute Gasteiger partial charge is 0.335 e. The number of hydrogen-bond acceptors (Lipinski definition) is 9. The largest absolute Gasteiger partial charge is 0.382 e. The van der Waals surface area contributed by atoms with Crippen LogP contribution in [-0.2, 0) is 11.6 Å². The van der Waals surface area contributed by atoms with Gasteiger partial charge in [0.2, 0.25) is 0 Å². The first-order valence-electron chi connectivity index (χ1n) is 9.94. The molecule has 0 fully saturated rings. The molecule has 0 spiro atoms. The van der Waals surface area contributed by atoms with Crippen LogP contribution in [0.5, 0.6) is 0 Å². The minimum absolute atomic E-state index is 0.0493. The third-order valence-electron chi connectivity index (χ3n) is 4.65. The number of benzene rings is 1. The third-order valence-corrected chi connectivity index (χ3v) is 4.65. The summed E-state index contributed by atoms with van der Waals surface area (Å²) in [6.07, 6.45) is 3.00. The lowest BCUT2D eigenvalue weighted by Gasteiger charge is -2.19. The van der Waals surface area contributed by atoms with Gasteiger partial charge in [0.05, 0.1) is 22.8 Å². The number of halogens is 1. The maximum atomic E-state index is 14.3. The van der Waals surface area contributed by atoms with Crippen molar-refractivity contribution < 1.29 is 17.6 Å². The predicted octanol–water partition coefficient (Wildman–Crippen LogP) is 2.65. The van der Waals surface area contributed by atoms with E-state index < -0.39 is 23.4 Å². The topological polar surface area (TPSA) is 164 Å². The van der Waals surface area contributed by atoms with Crippen LogP contribution in [-0.4, -0.2) is 35.8 Å². The van der Waals surface area contributed by atoms with Crippen molar-refractivity contribution in [3.63, 3.8) is 0 Å². The molecule has 0 saturated heterocycles. The number of carbonyl (C=O) groups is 1. The Balaban J connectivity index is 0.00000122. The Kier molecular flexibility index (Phi) is 9.31. The van der Waals surface area contributed by atoms with Crippen LogP contribution >= 0.6 is 0 Å². The van der Waals surface area contributed by atoms with Crippen molar-refractivity contribution in [1.82, 2.24) is 20.3 Å². The van der Waals surface area contributed by atoms with E-state index in [2.05, 4.69) is 25.6 Å². The summed E-state index contributed by atoms with van der Waals surface area (Å²) >= 11 is -0.750. The van der Waals surface area contributed by atoms with Crippen LogP contribution in [0.2, 0.25) is 0 Å². The number of carbonyl (C=O) groups excluding carboxylic acids is 1. The van der Waals surface area contributed by atoms with Crippen molar-refractivity contribution in [2.75, 3.05) is 17.6 Å². The molecule has 33 heavy (non-hydrogen) atoms. The SMILES string of the molecule is CCCCNC(=O)c1cc2c(F)cccc2nc1[C@H](C)Nc1ncnc(N)c1C#N.O=S=O. The number of anilines is 2. The van der Waals surface area contributed by atoms with E-state index in [4.69, 9.17) is 14.2 Å². The van der Waals surface area contributed by atoms with E-state index in [1.165, 1.54) is 18.5 Å². The molecular formula is C21H22FN7O3S. The monoisotopic (exact) mass is 471 g/mol. The fourth-order valence-corrected chi connectivity index (χ4v) is 3.05. The van der Waals surface area contributed by atoms with Gasteiger partial charge >= 0.3 is 11.6 Å². The number of rotatable bonds is 7. The summed E-state index contributed by atoms with van der Waals surface area (Å²) < 4.78 is 30.9. The second kappa shape index (κ2) is 12.2. The number of pyridine rings is 1. The first-order chi connectivity index (χ1) is 15.9. The maximum Gasteiger partial charge on any atom is 0.335 e. The van der Waals surface area contributed by atoms with Crippen molar-refractivity contribution in [1.29, 1.82) is 5.26 Å². The molecule has 0 radical (unpaired) electrons. The molecule has 0 saturated carbocycles. The zero-order chi connectivity index (χ0) is 24.4. The number of nitrogens with one attached hydrogen (secondary N) is 2. The van der Waals surface area contributed by atoms with Crippen molar-refractivity contribution in [3.05, 3.63) is 53.2 Å². The molecule has 0 bridgehead atoms. The second-order valence-corrected chi connectivity index (χ2v) is 7.00. The third kappa shape index (κ3) is 6.27. The molecule has 0 aliphatic heterocycles. The molecule has 1 aromatic carbocycles. The zero-order valence-corrected chi connectivity index (χ0v) is 18.8. The molecule has 10 nitrogen and oxygen atoms in total. The summed E-state index contributed by atoms with van der Waals surface area (Å²) in [5.41, 5.74) is 6.93. The van der Waals surface area contributed by atoms with Crippen molar-refractivity contribution in [3.8, 4) is 6.07 Å². The van der Waals surface area contributed by atoms with E-state index in [0.717, 1.165) is 12.8 Å². The zero-order valence-electron chi connectivity index (χ0n) is 18.0. The van der Waals surface area contributed by atoms with E-state index in [-0.39, 0.29) is 34.1 Å². The lowest BCUT2D eigenvalue weighted by atomic mass is 10.0. The Hall–Kier alpha value is -3.98. The van der Waals surface area contributed by atoms with Gasteiger partial charge in [-0.2, -0.15) is 13.7 Å². The first-order valence-corrected chi connectivity index (χ1v) is 10.6. The Labute approximate surface area is 193 Å². The number of unbranched alkanes of at least 4 members (excludes halogenated alkanes) is 1. The van der Waals surface area contributed by atoms with Crippen LogP contribution in [0.1, 0.15) is 54.3 Å². The molecule has 2 heterocycles. The number of nitrogens with zero attached hydrogens (tertiary/aromatic N) is 4. The Morgan fingerprint density at radius 3 is 2.73 bits per heavy atom. The molecule has 0 aliphatic carbocycles. The Morgan fingerprint density at radius 1 is 1.33 bits per heavy atom. The highest BCUT2D eigenvalue weighted by Gasteiger charge is 2.22. The van der Waals surface area contributed by atoms with Gasteiger partial charge in [-0.05, 0) is 31.5 Å². The standard InChI is InChI=1S/C21H22FN7O.O2S/c1-3-4-8-25-21(30)14-9-13-16(22)6-5-7-17(13)29-18(14)12(2)28-20-15(10-23)19(24)26-11-27-20;1-3-2/h5-7,9,11-12H,3-4,8H2,1-2H3,(H,25,30)(H3,24,26,27,28);/t12-;/m0./s1. The number of amides is 1. The Bertz CT molecular complexity index is 1230. The quantitative estimate of drug-likeness (QED) is 0.439. The van der Waals surface area contributed by atoms with Crippen LogP contribution in [0.25, 0.3) is 10.9 Å². The van der Waals surface area contributed by atoms with Crippen LogP contribution in [0, 0.1) is 17.1 Å². The van der Waals surface area contributed by atoms with Gasteiger partial charge in [0.25, 0.3) is 5.91 Å². The molecular weight excluding hydrogens is 449 g/mol. The molecule has 0 unspecified atom stereocenters. The number of fused-ring (bicyclic) bond motifs is 1. The molecule has 3 rings (SSSR count). The highest BCUT2D eigenvalue weighted by molar-refractivity contribution is 7.51. The van der Waals surface area contributed by atoms with Crippen LogP contribution in [0.3, 0.4) is 0 Å². The molecule has 0 aliphatic rings. The van der Waals surface area contributed by atoms with Gasteiger partial charge in [0.1, 0.15) is 35.4 Å². The van der Waals surface area contributed by atoms with Crippen molar-refractivity contribution in [2.45, 2.75) is 32.7 Å². The van der Waals surface area contributed by atoms with Gasteiger partial charge in [0, 0.05) is 11.9 Å². The van der Waals surface area contributed by atoms with Gasteiger partial charge in [-0.1, -0.05) is 19.4 Å². The van der Waals surface area contributed by atoms with Crippen LogP contribution in [0.15, 0.2) is 30.6 Å². The fraction of sp³-hybridized carbons (Fsp3) is 0.286. The highest BCUT2D eigenvalue weighted by Crippen LogP contribution is 2.27. The minimum atomic E-state index is -0.750. The molecule has 2 aromatic heterocycles. The van der Waals surface area contributed by atoms with Crippen molar-refractivity contribution in [2.24, 2.45) is 0 Å². The summed E-state index contributed by atoms with van der Waals surface area (Å²) in [6.45, 7) is 4.30. The lowest BCUT2D eigenvalue weighted by Crippen LogP contribution is -2.27. The number of nitrogen functional groups attached to an aromatic ring is 1. The molecule has 1 atom stereocenters. The average molecular weight is 472 g/mol. The second-order valence-electron chi connectivity index (χ2n) is 6.87. The van der Waals surface area contributed by atoms with E-state index in [1.54, 1.807) is 19.1 Å². The van der Waals surface area contributed by atoms with Gasteiger partial charge in [-0.3, -0.25) is 4.79 Å². The first kappa shape index (κ1) is 25.3. The van der Waals surface area contributed by atoms with E-state index in [9.17, 15) is 14.4 Å². The van der Waals surface area contributed by atoms with Crippen LogP contribution < -0.4 is 16.4 Å². The molecule has 4 N–H and O–H groups in total. The predicted molar refractivity (Wildman–Crippen MR) is 121 cm³/mol. The minimum Gasteiger partial charge on any atom is -0.382 e. The summed E-state index contributed by atoms with van der Waals surface area (Å²) in [5.74, 6) is -0.512. The highest BCUT2D eigenvalue weighted by atomic mass is 32.1. The molecule has 1 amide bonds. The van der Waals surface area contributed by atoms with E-state index >= 15 is 0 Å². The molecule has 172 valence electrons. The normalized spacial score (nSPS) is 11.0. The summed E-state index contributed by atoms with van der Waals surface area (Å²) in [4.78, 5) is 25.3. The number of aromatic nitrogens is 3. The van der Waals surface area contributed by atoms with Gasteiger partial charge in [-0.25, -0.2) is 19.3 Å². The van der Waals surface area contributed by atoms with E-state index in [1.807, 2.05) is 13.0 Å².